The van der Waals surface area contributed by atoms with Crippen LogP contribution in [0, 0.1) is 0 Å². The molecule has 0 saturated heterocycles. The lowest BCUT2D eigenvalue weighted by Gasteiger charge is -2.22. The predicted octanol–water partition coefficient (Wildman–Crippen LogP) is 14.1. The van der Waals surface area contributed by atoms with E-state index in [4.69, 9.17) is 9.97 Å². The van der Waals surface area contributed by atoms with Gasteiger partial charge >= 0.3 is 0 Å². The number of para-hydroxylation sites is 2. The highest BCUT2D eigenvalue weighted by Crippen LogP contribution is 2.50. The van der Waals surface area contributed by atoms with Crippen LogP contribution in [0.1, 0.15) is 25.0 Å². The van der Waals surface area contributed by atoms with E-state index in [1.807, 2.05) is 0 Å². The van der Waals surface area contributed by atoms with E-state index in [1.165, 1.54) is 76.4 Å². The van der Waals surface area contributed by atoms with Crippen molar-refractivity contribution in [1.82, 2.24) is 19.1 Å². The van der Waals surface area contributed by atoms with Crippen LogP contribution in [-0.2, 0) is 5.41 Å². The third-order valence-corrected chi connectivity index (χ3v) is 13.1. The fourth-order valence-corrected chi connectivity index (χ4v) is 10.3. The molecule has 0 fully saturated rings. The summed E-state index contributed by atoms with van der Waals surface area (Å²) in [4.78, 5) is 11.0. The molecule has 0 aliphatic heterocycles. The zero-order valence-corrected chi connectivity index (χ0v) is 32.6. The molecular weight excluding hydrogens is 717 g/mol. The fourth-order valence-electron chi connectivity index (χ4n) is 10.3. The SMILES string of the molecule is CC1(C)c2ccccc2-c2ccc(-c3nc(-n4c5cc(-n6c7ccccc7c7cc8ccccc8cc76)ccc5c5c6ccccc6ccc54)nc4ccccc34)cc21. The zero-order valence-electron chi connectivity index (χ0n) is 32.6. The highest BCUT2D eigenvalue weighted by atomic mass is 15.2. The Hall–Kier alpha value is -7.56. The van der Waals surface area contributed by atoms with E-state index in [-0.39, 0.29) is 5.41 Å². The van der Waals surface area contributed by atoms with Crippen molar-refractivity contribution in [3.05, 3.63) is 193 Å². The van der Waals surface area contributed by atoms with E-state index in [1.54, 1.807) is 0 Å². The first-order valence-corrected chi connectivity index (χ1v) is 20.4. The highest BCUT2D eigenvalue weighted by Gasteiger charge is 2.35. The fraction of sp³-hybridized carbons (Fsp3) is 0.0545. The lowest BCUT2D eigenvalue weighted by Crippen LogP contribution is -2.15. The van der Waals surface area contributed by atoms with Gasteiger partial charge in [0.25, 0.3) is 0 Å². The molecule has 0 atom stereocenters. The van der Waals surface area contributed by atoms with Crippen molar-refractivity contribution in [2.24, 2.45) is 0 Å². The molecule has 0 N–H and O–H groups in total. The highest BCUT2D eigenvalue weighted by molar-refractivity contribution is 6.22. The summed E-state index contributed by atoms with van der Waals surface area (Å²) < 4.78 is 4.72. The minimum absolute atomic E-state index is 0.128. The van der Waals surface area contributed by atoms with Crippen LogP contribution in [0.25, 0.3) is 110 Å². The largest absolute Gasteiger partial charge is 0.309 e. The number of benzene rings is 9. The summed E-state index contributed by atoms with van der Waals surface area (Å²) in [5.74, 6) is 0.655. The van der Waals surface area contributed by atoms with Crippen molar-refractivity contribution < 1.29 is 0 Å². The third kappa shape index (κ3) is 4.49. The van der Waals surface area contributed by atoms with E-state index in [0.29, 0.717) is 5.95 Å². The van der Waals surface area contributed by atoms with Crippen LogP contribution >= 0.6 is 0 Å². The van der Waals surface area contributed by atoms with Crippen LogP contribution in [0.3, 0.4) is 0 Å². The van der Waals surface area contributed by atoms with Crippen molar-refractivity contribution in [1.29, 1.82) is 0 Å². The van der Waals surface area contributed by atoms with Crippen LogP contribution in [-0.4, -0.2) is 19.1 Å². The summed E-state index contributed by atoms with van der Waals surface area (Å²) in [5.41, 5.74) is 13.7. The number of aromatic nitrogens is 4. The van der Waals surface area contributed by atoms with E-state index in [2.05, 4.69) is 205 Å². The quantitative estimate of drug-likeness (QED) is 0.180. The maximum atomic E-state index is 5.59. The van der Waals surface area contributed by atoms with Crippen molar-refractivity contribution in [3.63, 3.8) is 0 Å². The van der Waals surface area contributed by atoms with Crippen LogP contribution < -0.4 is 0 Å². The standard InChI is InChI=1S/C55H36N4/c1-55(2)45-20-10-7-17-39(45)40-26-23-36(30-46(40)55)53-42-19-8-11-21-47(42)56-54(57-53)59-49-28-24-33-13-5-6-16-38(33)52(49)43-27-25-37(32-51(43)59)58-48-22-12-9-18-41(48)44-29-34-14-3-4-15-35(34)31-50(44)58/h3-32H,1-2H3. The number of fused-ring (bicyclic) bond motifs is 13. The normalized spacial score (nSPS) is 13.4. The minimum Gasteiger partial charge on any atom is -0.309 e. The molecule has 0 unspecified atom stereocenters. The van der Waals surface area contributed by atoms with Crippen molar-refractivity contribution in [3.8, 4) is 34.0 Å². The summed E-state index contributed by atoms with van der Waals surface area (Å²) in [7, 11) is 0. The van der Waals surface area contributed by atoms with Gasteiger partial charge in [0, 0.05) is 43.6 Å². The molecule has 0 bridgehead atoms. The van der Waals surface area contributed by atoms with Crippen LogP contribution in [0.4, 0.5) is 0 Å². The number of hydrogen-bond acceptors (Lipinski definition) is 2. The lowest BCUT2D eigenvalue weighted by atomic mass is 9.82. The van der Waals surface area contributed by atoms with Gasteiger partial charge in [0.05, 0.1) is 33.3 Å². The Kier molecular flexibility index (Phi) is 6.48. The summed E-state index contributed by atoms with van der Waals surface area (Å²) in [6.45, 7) is 4.68. The average Bonchev–Trinajstić information content (AvgIpc) is 3.87. The topological polar surface area (TPSA) is 35.6 Å². The van der Waals surface area contributed by atoms with Gasteiger partial charge in [-0.3, -0.25) is 4.57 Å². The van der Waals surface area contributed by atoms with E-state index in [9.17, 15) is 0 Å². The van der Waals surface area contributed by atoms with E-state index < -0.39 is 0 Å². The molecule has 0 radical (unpaired) electrons. The van der Waals surface area contributed by atoms with Crippen LogP contribution in [0.5, 0.6) is 0 Å². The summed E-state index contributed by atoms with van der Waals surface area (Å²) in [6, 6.07) is 66.4. The van der Waals surface area contributed by atoms with Gasteiger partial charge in [-0.1, -0.05) is 147 Å². The Bertz CT molecular complexity index is 3770. The van der Waals surface area contributed by atoms with Crippen LogP contribution in [0.15, 0.2) is 182 Å². The molecule has 0 amide bonds. The smallest absolute Gasteiger partial charge is 0.235 e. The zero-order chi connectivity index (χ0) is 39.0. The van der Waals surface area contributed by atoms with Crippen molar-refractivity contribution in [2.45, 2.75) is 19.3 Å². The molecule has 4 nitrogen and oxygen atoms in total. The number of rotatable bonds is 3. The Morgan fingerprint density at radius 1 is 0.407 bits per heavy atom. The second-order valence-corrected chi connectivity index (χ2v) is 16.6. The van der Waals surface area contributed by atoms with Gasteiger partial charge in [-0.25, -0.2) is 9.97 Å². The van der Waals surface area contributed by atoms with Gasteiger partial charge in [0.2, 0.25) is 5.95 Å². The van der Waals surface area contributed by atoms with Crippen molar-refractivity contribution >= 4 is 76.1 Å². The molecular formula is C55H36N4. The molecule has 4 heteroatoms. The van der Waals surface area contributed by atoms with E-state index in [0.717, 1.165) is 38.9 Å². The molecule has 12 aromatic rings. The Labute approximate surface area is 340 Å². The molecule has 276 valence electrons. The maximum absolute atomic E-state index is 5.59. The van der Waals surface area contributed by atoms with Crippen molar-refractivity contribution in [2.75, 3.05) is 0 Å². The summed E-state index contributed by atoms with van der Waals surface area (Å²) in [6.07, 6.45) is 0. The molecule has 59 heavy (non-hydrogen) atoms. The number of hydrogen-bond donors (Lipinski definition) is 0. The van der Waals surface area contributed by atoms with Gasteiger partial charge < -0.3 is 4.57 Å². The third-order valence-electron chi connectivity index (χ3n) is 13.1. The van der Waals surface area contributed by atoms with Gasteiger partial charge in [-0.05, 0) is 92.3 Å². The first-order valence-electron chi connectivity index (χ1n) is 20.4. The first-order chi connectivity index (χ1) is 29.0. The monoisotopic (exact) mass is 752 g/mol. The Morgan fingerprint density at radius 3 is 1.98 bits per heavy atom. The van der Waals surface area contributed by atoms with Gasteiger partial charge in [-0.15, -0.1) is 0 Å². The average molecular weight is 753 g/mol. The summed E-state index contributed by atoms with van der Waals surface area (Å²) in [5, 5.41) is 10.8. The summed E-state index contributed by atoms with van der Waals surface area (Å²) >= 11 is 0. The second-order valence-electron chi connectivity index (χ2n) is 16.6. The molecule has 1 aliphatic carbocycles. The Balaban J connectivity index is 1.11. The van der Waals surface area contributed by atoms with Gasteiger partial charge in [-0.2, -0.15) is 0 Å². The van der Waals surface area contributed by atoms with Crippen LogP contribution in [0.2, 0.25) is 0 Å². The first kappa shape index (κ1) is 32.5. The molecule has 13 rings (SSSR count). The number of nitrogens with zero attached hydrogens (tertiary/aromatic N) is 4. The van der Waals surface area contributed by atoms with E-state index >= 15 is 0 Å². The molecule has 1 aliphatic rings. The molecule has 3 heterocycles. The molecule has 0 saturated carbocycles. The second kappa shape index (κ2) is 11.7. The van der Waals surface area contributed by atoms with Gasteiger partial charge in [0.1, 0.15) is 0 Å². The lowest BCUT2D eigenvalue weighted by molar-refractivity contribution is 0.660. The molecule has 3 aromatic heterocycles. The molecule has 9 aromatic carbocycles. The minimum atomic E-state index is -0.128. The van der Waals surface area contributed by atoms with Gasteiger partial charge in [0.15, 0.2) is 0 Å². The Morgan fingerprint density at radius 2 is 1.10 bits per heavy atom. The molecule has 0 spiro atoms. The predicted molar refractivity (Wildman–Crippen MR) is 246 cm³/mol. The maximum Gasteiger partial charge on any atom is 0.235 e.